The molecule has 0 amide bonds. The first-order valence-corrected chi connectivity index (χ1v) is 8.18. The lowest BCUT2D eigenvalue weighted by Gasteiger charge is -2.27. The van der Waals surface area contributed by atoms with Crippen molar-refractivity contribution in [3.05, 3.63) is 84.9 Å². The van der Waals surface area contributed by atoms with E-state index in [2.05, 4.69) is 94.7 Å². The Morgan fingerprint density at radius 1 is 0.478 bits per heavy atom. The van der Waals surface area contributed by atoms with Crippen molar-refractivity contribution < 1.29 is 0 Å². The number of hydrogen-bond donors (Lipinski definition) is 0. The Morgan fingerprint density at radius 2 is 0.870 bits per heavy atom. The van der Waals surface area contributed by atoms with Crippen molar-refractivity contribution >= 4 is 22.7 Å². The van der Waals surface area contributed by atoms with Gasteiger partial charge in [-0.1, -0.05) is 48.5 Å². The van der Waals surface area contributed by atoms with E-state index in [-0.39, 0.29) is 0 Å². The van der Waals surface area contributed by atoms with E-state index in [0.29, 0.717) is 0 Å². The van der Waals surface area contributed by atoms with Crippen LogP contribution in [-0.4, -0.2) is 13.1 Å². The van der Waals surface area contributed by atoms with Crippen LogP contribution in [0.2, 0.25) is 0 Å². The van der Waals surface area contributed by atoms with Crippen LogP contribution >= 0.6 is 0 Å². The lowest BCUT2D eigenvalue weighted by molar-refractivity contribution is 0.824. The van der Waals surface area contributed by atoms with Gasteiger partial charge < -0.3 is 9.80 Å². The van der Waals surface area contributed by atoms with E-state index in [1.54, 1.807) is 0 Å². The molecule has 2 nitrogen and oxygen atoms in total. The molecule has 4 rings (SSSR count). The molecule has 0 atom stereocenters. The molecule has 1 heterocycles. The Hall–Kier alpha value is -2.74. The van der Waals surface area contributed by atoms with E-state index >= 15 is 0 Å². The number of anilines is 4. The highest BCUT2D eigenvalue weighted by atomic mass is 15.2. The van der Waals surface area contributed by atoms with Crippen LogP contribution < -0.4 is 9.80 Å². The molecule has 1 aliphatic rings. The summed E-state index contributed by atoms with van der Waals surface area (Å²) in [5.74, 6) is 0. The molecule has 0 radical (unpaired) electrons. The Morgan fingerprint density at radius 3 is 1.30 bits per heavy atom. The molecule has 0 bridgehead atoms. The van der Waals surface area contributed by atoms with Crippen LogP contribution in [0.1, 0.15) is 6.42 Å². The molecular weight excluding hydrogens is 280 g/mol. The van der Waals surface area contributed by atoms with Crippen LogP contribution in [0, 0.1) is 0 Å². The zero-order valence-electron chi connectivity index (χ0n) is 13.1. The van der Waals surface area contributed by atoms with Crippen LogP contribution in [0.5, 0.6) is 0 Å². The molecule has 0 saturated heterocycles. The van der Waals surface area contributed by atoms with Crippen LogP contribution in [0.3, 0.4) is 0 Å². The van der Waals surface area contributed by atoms with Crippen LogP contribution in [0.25, 0.3) is 0 Å². The van der Waals surface area contributed by atoms with Crippen molar-refractivity contribution in [2.24, 2.45) is 0 Å². The number of benzene rings is 3. The van der Waals surface area contributed by atoms with Crippen molar-refractivity contribution in [2.45, 2.75) is 6.42 Å². The van der Waals surface area contributed by atoms with Gasteiger partial charge in [0.05, 0.1) is 11.4 Å². The fourth-order valence-corrected chi connectivity index (χ4v) is 3.30. The second-order valence-corrected chi connectivity index (χ2v) is 5.82. The molecule has 0 unspecified atom stereocenters. The van der Waals surface area contributed by atoms with Gasteiger partial charge in [-0.25, -0.2) is 0 Å². The largest absolute Gasteiger partial charge is 0.340 e. The van der Waals surface area contributed by atoms with Gasteiger partial charge in [0.15, 0.2) is 0 Å². The molecule has 0 aromatic heterocycles. The van der Waals surface area contributed by atoms with Crippen LogP contribution in [-0.2, 0) is 0 Å². The first-order valence-electron chi connectivity index (χ1n) is 8.18. The topological polar surface area (TPSA) is 6.48 Å². The molecule has 0 aliphatic carbocycles. The normalized spacial score (nSPS) is 14.3. The summed E-state index contributed by atoms with van der Waals surface area (Å²) < 4.78 is 0. The SMILES string of the molecule is c1ccc(N2CCCN(c3ccccc3)c3ccccc32)cc1. The quantitative estimate of drug-likeness (QED) is 0.628. The number of fused-ring (bicyclic) bond motifs is 1. The van der Waals surface area contributed by atoms with Gasteiger partial charge in [0.25, 0.3) is 0 Å². The molecule has 0 N–H and O–H groups in total. The summed E-state index contributed by atoms with van der Waals surface area (Å²) in [7, 11) is 0. The van der Waals surface area contributed by atoms with E-state index < -0.39 is 0 Å². The second kappa shape index (κ2) is 6.17. The van der Waals surface area contributed by atoms with Crippen LogP contribution in [0.15, 0.2) is 84.9 Å². The fourth-order valence-electron chi connectivity index (χ4n) is 3.30. The van der Waals surface area contributed by atoms with Crippen molar-refractivity contribution in [1.82, 2.24) is 0 Å². The third kappa shape index (κ3) is 2.68. The van der Waals surface area contributed by atoms with E-state index in [0.717, 1.165) is 19.5 Å². The number of rotatable bonds is 2. The maximum absolute atomic E-state index is 2.43. The molecule has 2 heteroatoms. The van der Waals surface area contributed by atoms with E-state index in [9.17, 15) is 0 Å². The summed E-state index contributed by atoms with van der Waals surface area (Å²) >= 11 is 0. The first-order chi connectivity index (χ1) is 11.4. The molecule has 0 spiro atoms. The zero-order valence-corrected chi connectivity index (χ0v) is 13.1. The van der Waals surface area contributed by atoms with Crippen molar-refractivity contribution in [3.63, 3.8) is 0 Å². The van der Waals surface area contributed by atoms with Gasteiger partial charge in [-0.3, -0.25) is 0 Å². The summed E-state index contributed by atoms with van der Waals surface area (Å²) in [6.45, 7) is 2.06. The summed E-state index contributed by atoms with van der Waals surface area (Å²) in [6.07, 6.45) is 1.12. The minimum atomic E-state index is 1.03. The predicted molar refractivity (Wildman–Crippen MR) is 98.0 cm³/mol. The standard InChI is InChI=1S/C21H20N2/c1-3-10-18(11-4-1)22-16-9-17-23(19-12-5-2-6-13-19)21-15-8-7-14-20(21)22/h1-8,10-15H,9,16-17H2. The van der Waals surface area contributed by atoms with Gasteiger partial charge in [0, 0.05) is 24.5 Å². The van der Waals surface area contributed by atoms with Gasteiger partial charge >= 0.3 is 0 Å². The minimum absolute atomic E-state index is 1.03. The molecular formula is C21H20N2. The Kier molecular flexibility index (Phi) is 3.73. The Balaban J connectivity index is 1.81. The maximum Gasteiger partial charge on any atom is 0.0652 e. The van der Waals surface area contributed by atoms with E-state index in [1.165, 1.54) is 22.7 Å². The van der Waals surface area contributed by atoms with Gasteiger partial charge in [-0.2, -0.15) is 0 Å². The van der Waals surface area contributed by atoms with Crippen molar-refractivity contribution in [3.8, 4) is 0 Å². The molecule has 1 aliphatic heterocycles. The molecule has 114 valence electrons. The van der Waals surface area contributed by atoms with E-state index in [4.69, 9.17) is 0 Å². The fraction of sp³-hybridized carbons (Fsp3) is 0.143. The molecule has 0 saturated carbocycles. The van der Waals surface area contributed by atoms with Gasteiger partial charge in [0.1, 0.15) is 0 Å². The van der Waals surface area contributed by atoms with Gasteiger partial charge in [0.2, 0.25) is 0 Å². The third-order valence-electron chi connectivity index (χ3n) is 4.36. The van der Waals surface area contributed by atoms with Crippen molar-refractivity contribution in [2.75, 3.05) is 22.9 Å². The van der Waals surface area contributed by atoms with Gasteiger partial charge in [-0.05, 0) is 42.8 Å². The minimum Gasteiger partial charge on any atom is -0.340 e. The summed E-state index contributed by atoms with van der Waals surface area (Å²) in [5.41, 5.74) is 5.07. The number of para-hydroxylation sites is 4. The summed E-state index contributed by atoms with van der Waals surface area (Å²) in [4.78, 5) is 4.86. The number of nitrogens with zero attached hydrogens (tertiary/aromatic N) is 2. The third-order valence-corrected chi connectivity index (χ3v) is 4.36. The van der Waals surface area contributed by atoms with Gasteiger partial charge in [-0.15, -0.1) is 0 Å². The summed E-state index contributed by atoms with van der Waals surface area (Å²) in [6, 6.07) is 30.0. The average Bonchev–Trinajstić information content (AvgIpc) is 2.83. The lowest BCUT2D eigenvalue weighted by Crippen LogP contribution is -2.17. The Bertz CT molecular complexity index is 702. The smallest absolute Gasteiger partial charge is 0.0652 e. The molecule has 0 fully saturated rings. The molecule has 23 heavy (non-hydrogen) atoms. The predicted octanol–water partition coefficient (Wildman–Crippen LogP) is 5.37. The highest BCUT2D eigenvalue weighted by Gasteiger charge is 2.21. The van der Waals surface area contributed by atoms with E-state index in [1.807, 2.05) is 0 Å². The van der Waals surface area contributed by atoms with Crippen LogP contribution in [0.4, 0.5) is 22.7 Å². The Labute approximate surface area is 137 Å². The molecule has 3 aromatic rings. The molecule has 3 aromatic carbocycles. The highest BCUT2D eigenvalue weighted by molar-refractivity contribution is 5.82. The lowest BCUT2D eigenvalue weighted by atomic mass is 10.2. The summed E-state index contributed by atoms with van der Waals surface area (Å²) in [5, 5.41) is 0. The number of hydrogen-bond acceptors (Lipinski definition) is 2. The monoisotopic (exact) mass is 300 g/mol. The highest BCUT2D eigenvalue weighted by Crippen LogP contribution is 2.39. The maximum atomic E-state index is 2.43. The second-order valence-electron chi connectivity index (χ2n) is 5.82. The average molecular weight is 300 g/mol. The first kappa shape index (κ1) is 13.9. The van der Waals surface area contributed by atoms with Crippen molar-refractivity contribution in [1.29, 1.82) is 0 Å². The zero-order chi connectivity index (χ0) is 15.5.